The molecule has 2 N–H and O–H groups in total. The first-order valence-electron chi connectivity index (χ1n) is 4.56. The molecule has 0 spiro atoms. The lowest BCUT2D eigenvalue weighted by molar-refractivity contribution is 0.0963. The third-order valence-corrected chi connectivity index (χ3v) is 2.25. The summed E-state index contributed by atoms with van der Waals surface area (Å²) >= 11 is 11.0. The first-order valence-corrected chi connectivity index (χ1v) is 5.32. The number of carbonyl (C=O) groups is 2. The van der Waals surface area contributed by atoms with Gasteiger partial charge in [0, 0.05) is 6.54 Å². The fourth-order valence-electron chi connectivity index (χ4n) is 0.980. The number of pyridine rings is 1. The lowest BCUT2D eigenvalue weighted by atomic mass is 10.2. The van der Waals surface area contributed by atoms with E-state index in [1.165, 1.54) is 0 Å². The van der Waals surface area contributed by atoms with Gasteiger partial charge < -0.3 is 5.32 Å². The molecule has 0 radical (unpaired) electrons. The minimum absolute atomic E-state index is 0.264. The first-order chi connectivity index (χ1) is 7.95. The van der Waals surface area contributed by atoms with Gasteiger partial charge in [-0.05, 0) is 13.0 Å². The van der Waals surface area contributed by atoms with E-state index in [4.69, 9.17) is 23.2 Å². The molecule has 0 unspecified atom stereocenters. The van der Waals surface area contributed by atoms with Crippen LogP contribution in [0.3, 0.4) is 0 Å². The summed E-state index contributed by atoms with van der Waals surface area (Å²) in [5, 5.41) is 3.58. The molecule has 3 amide bonds. The Labute approximate surface area is 106 Å². The quantitative estimate of drug-likeness (QED) is 0.814. The van der Waals surface area contributed by atoms with Gasteiger partial charge in [-0.1, -0.05) is 23.2 Å². The van der Waals surface area contributed by atoms with Crippen molar-refractivity contribution in [3.05, 3.63) is 27.8 Å². The van der Waals surface area contributed by atoms with Crippen molar-refractivity contribution in [1.29, 1.82) is 0 Å². The van der Waals surface area contributed by atoms with Crippen LogP contribution in [0.2, 0.25) is 10.3 Å². The SMILES string of the molecule is CCNC(=O)NC(=O)c1cc(F)c(Cl)nc1Cl. The second kappa shape index (κ2) is 5.79. The summed E-state index contributed by atoms with van der Waals surface area (Å²) in [6.45, 7) is 2.03. The highest BCUT2D eigenvalue weighted by Gasteiger charge is 2.17. The number of aromatic nitrogens is 1. The second-order valence-electron chi connectivity index (χ2n) is 2.91. The number of urea groups is 1. The summed E-state index contributed by atoms with van der Waals surface area (Å²) in [6, 6.07) is 0.107. The Bertz CT molecular complexity index is 468. The highest BCUT2D eigenvalue weighted by atomic mass is 35.5. The summed E-state index contributed by atoms with van der Waals surface area (Å²) in [4.78, 5) is 26.0. The van der Waals surface area contributed by atoms with Gasteiger partial charge in [0.1, 0.15) is 5.15 Å². The summed E-state index contributed by atoms with van der Waals surface area (Å²) in [5.74, 6) is -1.75. The molecule has 0 aliphatic heterocycles. The topological polar surface area (TPSA) is 71.1 Å². The number of hydrogen-bond donors (Lipinski definition) is 2. The van der Waals surface area contributed by atoms with Gasteiger partial charge in [0.2, 0.25) is 0 Å². The van der Waals surface area contributed by atoms with E-state index in [2.05, 4.69) is 10.3 Å². The Morgan fingerprint density at radius 2 is 2.06 bits per heavy atom. The molecule has 1 aromatic rings. The standard InChI is InChI=1S/C9H8Cl2FN3O2/c1-2-13-9(17)15-8(16)4-3-5(12)7(11)14-6(4)10/h3H,2H2,1H3,(H2,13,15,16,17). The average Bonchev–Trinajstić information content (AvgIpc) is 2.23. The number of nitrogens with zero attached hydrogens (tertiary/aromatic N) is 1. The maximum absolute atomic E-state index is 13.1. The van der Waals surface area contributed by atoms with E-state index in [1.54, 1.807) is 6.92 Å². The van der Waals surface area contributed by atoms with Gasteiger partial charge in [-0.3, -0.25) is 10.1 Å². The molecule has 1 rings (SSSR count). The van der Waals surface area contributed by atoms with Crippen molar-refractivity contribution in [1.82, 2.24) is 15.6 Å². The highest BCUT2D eigenvalue weighted by molar-refractivity contribution is 6.35. The van der Waals surface area contributed by atoms with Crippen LogP contribution in [0.15, 0.2) is 6.07 Å². The van der Waals surface area contributed by atoms with Gasteiger partial charge in [0.05, 0.1) is 5.56 Å². The number of amides is 3. The van der Waals surface area contributed by atoms with Crippen molar-refractivity contribution in [2.45, 2.75) is 6.92 Å². The van der Waals surface area contributed by atoms with Crippen LogP contribution in [0.4, 0.5) is 9.18 Å². The molecule has 0 aliphatic carbocycles. The third kappa shape index (κ3) is 3.54. The molecule has 17 heavy (non-hydrogen) atoms. The molecule has 8 heteroatoms. The smallest absolute Gasteiger partial charge is 0.321 e. The lowest BCUT2D eigenvalue weighted by Crippen LogP contribution is -2.39. The van der Waals surface area contributed by atoms with Crippen LogP contribution in [0.5, 0.6) is 0 Å². The van der Waals surface area contributed by atoms with E-state index in [1.807, 2.05) is 5.32 Å². The van der Waals surface area contributed by atoms with Crippen LogP contribution in [0, 0.1) is 5.82 Å². The number of halogens is 3. The molecule has 0 saturated carbocycles. The number of nitrogens with one attached hydrogen (secondary N) is 2. The van der Waals surface area contributed by atoms with E-state index in [-0.39, 0.29) is 10.7 Å². The molecular weight excluding hydrogens is 272 g/mol. The second-order valence-corrected chi connectivity index (χ2v) is 3.63. The molecule has 0 saturated heterocycles. The van der Waals surface area contributed by atoms with E-state index < -0.39 is 22.9 Å². The Morgan fingerprint density at radius 3 is 2.65 bits per heavy atom. The van der Waals surface area contributed by atoms with Crippen molar-refractivity contribution < 1.29 is 14.0 Å². The zero-order valence-electron chi connectivity index (χ0n) is 8.68. The maximum Gasteiger partial charge on any atom is 0.321 e. The summed E-state index contributed by atoms with van der Waals surface area (Å²) in [6.07, 6.45) is 0. The normalized spacial score (nSPS) is 9.88. The fourth-order valence-corrected chi connectivity index (χ4v) is 1.39. The Kier molecular flexibility index (Phi) is 4.65. The van der Waals surface area contributed by atoms with Gasteiger partial charge >= 0.3 is 6.03 Å². The van der Waals surface area contributed by atoms with E-state index >= 15 is 0 Å². The van der Waals surface area contributed by atoms with Crippen LogP contribution in [-0.4, -0.2) is 23.5 Å². The van der Waals surface area contributed by atoms with Crippen LogP contribution >= 0.6 is 23.2 Å². The zero-order chi connectivity index (χ0) is 13.0. The number of carbonyl (C=O) groups excluding carboxylic acids is 2. The monoisotopic (exact) mass is 279 g/mol. The fraction of sp³-hybridized carbons (Fsp3) is 0.222. The van der Waals surface area contributed by atoms with Gasteiger partial charge in [-0.2, -0.15) is 0 Å². The van der Waals surface area contributed by atoms with Gasteiger partial charge in [-0.25, -0.2) is 14.2 Å². The molecule has 1 aromatic heterocycles. The maximum atomic E-state index is 13.1. The molecule has 0 fully saturated rings. The molecule has 5 nitrogen and oxygen atoms in total. The van der Waals surface area contributed by atoms with E-state index in [0.29, 0.717) is 6.54 Å². The van der Waals surface area contributed by atoms with Crippen LogP contribution in [0.1, 0.15) is 17.3 Å². The molecule has 0 aliphatic rings. The predicted octanol–water partition coefficient (Wildman–Crippen LogP) is 1.99. The summed E-state index contributed by atoms with van der Waals surface area (Å²) < 4.78 is 13.1. The predicted molar refractivity (Wildman–Crippen MR) is 60.8 cm³/mol. The minimum atomic E-state index is -0.892. The zero-order valence-corrected chi connectivity index (χ0v) is 10.2. The molecule has 0 bridgehead atoms. The molecule has 1 heterocycles. The number of rotatable bonds is 2. The first kappa shape index (κ1) is 13.7. The van der Waals surface area contributed by atoms with Crippen LogP contribution < -0.4 is 10.6 Å². The van der Waals surface area contributed by atoms with E-state index in [9.17, 15) is 14.0 Å². The van der Waals surface area contributed by atoms with Crippen LogP contribution in [0.25, 0.3) is 0 Å². The Hall–Kier alpha value is -1.40. The molecular formula is C9H8Cl2FN3O2. The Balaban J connectivity index is 2.89. The largest absolute Gasteiger partial charge is 0.338 e. The average molecular weight is 280 g/mol. The van der Waals surface area contributed by atoms with Crippen molar-refractivity contribution in [3.63, 3.8) is 0 Å². The van der Waals surface area contributed by atoms with Gasteiger partial charge in [-0.15, -0.1) is 0 Å². The van der Waals surface area contributed by atoms with E-state index in [0.717, 1.165) is 6.07 Å². The molecule has 0 aromatic carbocycles. The van der Waals surface area contributed by atoms with Crippen molar-refractivity contribution >= 4 is 35.1 Å². The summed E-state index contributed by atoms with van der Waals surface area (Å²) in [7, 11) is 0. The molecule has 0 atom stereocenters. The summed E-state index contributed by atoms with van der Waals surface area (Å²) in [5.41, 5.74) is -0.264. The van der Waals surface area contributed by atoms with Gasteiger partial charge in [0.15, 0.2) is 11.0 Å². The lowest BCUT2D eigenvalue weighted by Gasteiger charge is -2.06. The van der Waals surface area contributed by atoms with Crippen molar-refractivity contribution in [3.8, 4) is 0 Å². The number of imide groups is 1. The highest BCUT2D eigenvalue weighted by Crippen LogP contribution is 2.20. The van der Waals surface area contributed by atoms with Crippen molar-refractivity contribution in [2.75, 3.05) is 6.54 Å². The number of hydrogen-bond acceptors (Lipinski definition) is 3. The molecule has 92 valence electrons. The minimum Gasteiger partial charge on any atom is -0.338 e. The third-order valence-electron chi connectivity index (χ3n) is 1.70. The van der Waals surface area contributed by atoms with Crippen molar-refractivity contribution in [2.24, 2.45) is 0 Å². The van der Waals surface area contributed by atoms with Gasteiger partial charge in [0.25, 0.3) is 5.91 Å². The Morgan fingerprint density at radius 1 is 1.41 bits per heavy atom. The van der Waals surface area contributed by atoms with Crippen LogP contribution in [-0.2, 0) is 0 Å².